The van der Waals surface area contributed by atoms with Crippen LogP contribution in [0.3, 0.4) is 0 Å². The molecule has 0 aliphatic heterocycles. The first-order valence-electron chi connectivity index (χ1n) is 5.30. The molecule has 0 fully saturated rings. The molecule has 0 N–H and O–H groups in total. The van der Waals surface area contributed by atoms with Crippen LogP contribution in [0.25, 0.3) is 0 Å². The minimum absolute atomic E-state index is 0.104. The molecule has 1 aromatic carbocycles. The largest absolute Gasteiger partial charge is 0.314 e. The lowest BCUT2D eigenvalue weighted by Gasteiger charge is -2.26. The van der Waals surface area contributed by atoms with Crippen molar-refractivity contribution in [3.63, 3.8) is 0 Å². The van der Waals surface area contributed by atoms with E-state index < -0.39 is 6.08 Å². The lowest BCUT2D eigenvalue weighted by atomic mass is 10.2. The molecule has 0 atom stereocenters. The third-order valence-electron chi connectivity index (χ3n) is 2.25. The van der Waals surface area contributed by atoms with Gasteiger partial charge in [0.05, 0.1) is 0 Å². The van der Waals surface area contributed by atoms with Crippen molar-refractivity contribution in [2.75, 3.05) is 4.90 Å². The quantitative estimate of drug-likeness (QED) is 0.813. The molecule has 0 saturated carbocycles. The van der Waals surface area contributed by atoms with Gasteiger partial charge in [0.15, 0.2) is 0 Å². The molecule has 0 aliphatic rings. The first-order valence-corrected chi connectivity index (χ1v) is 5.30. The van der Waals surface area contributed by atoms with Gasteiger partial charge in [0.25, 0.3) is 0 Å². The van der Waals surface area contributed by atoms with Gasteiger partial charge in [-0.25, -0.2) is 0 Å². The molecule has 1 radical (unpaired) electrons. The molecule has 5 heteroatoms. The predicted octanol–water partition coefficient (Wildman–Crippen LogP) is 2.36. The van der Waals surface area contributed by atoms with Crippen molar-refractivity contribution in [2.24, 2.45) is 0 Å². The Hall–Kier alpha value is -2.04. The highest BCUT2D eigenvalue weighted by molar-refractivity contribution is 5.57. The highest BCUT2D eigenvalue weighted by Gasteiger charge is 2.16. The Bertz CT molecular complexity index is 487. The van der Waals surface area contributed by atoms with Gasteiger partial charge in [-0.3, -0.25) is 0 Å². The molecule has 0 saturated heterocycles. The smallest absolute Gasteiger partial charge is 0.308 e. The van der Waals surface area contributed by atoms with Gasteiger partial charge in [-0.15, -0.1) is 0 Å². The number of anilines is 2. The summed E-state index contributed by atoms with van der Waals surface area (Å²) in [6.45, 7) is 3.96. The highest BCUT2D eigenvalue weighted by Crippen LogP contribution is 2.23. The van der Waals surface area contributed by atoms with Crippen LogP contribution in [0.2, 0.25) is 0 Å². The average molecular weight is 231 g/mol. The molecule has 1 aromatic heterocycles. The van der Waals surface area contributed by atoms with Gasteiger partial charge in [0.2, 0.25) is 12.3 Å². The third kappa shape index (κ3) is 2.55. The molecule has 0 amide bonds. The van der Waals surface area contributed by atoms with Crippen molar-refractivity contribution in [2.45, 2.75) is 19.9 Å². The Balaban J connectivity index is 2.43. The summed E-state index contributed by atoms with van der Waals surface area (Å²) in [7, 11) is 0. The number of nitrogens with zero attached hydrogens (tertiary/aromatic N) is 4. The van der Waals surface area contributed by atoms with E-state index >= 15 is 0 Å². The number of hydrogen-bond donors (Lipinski definition) is 0. The van der Waals surface area contributed by atoms with Crippen LogP contribution in [0.5, 0.6) is 0 Å². The van der Waals surface area contributed by atoms with E-state index in [0.29, 0.717) is 0 Å². The van der Waals surface area contributed by atoms with Gasteiger partial charge in [-0.1, -0.05) is 18.2 Å². The van der Waals surface area contributed by atoms with E-state index in [1.165, 1.54) is 0 Å². The molecule has 0 unspecified atom stereocenters. The summed E-state index contributed by atoms with van der Waals surface area (Å²) < 4.78 is 13.0. The zero-order valence-electron chi connectivity index (χ0n) is 9.63. The van der Waals surface area contributed by atoms with Crippen LogP contribution < -0.4 is 4.90 Å². The van der Waals surface area contributed by atoms with Crippen LogP contribution >= 0.6 is 0 Å². The maximum Gasteiger partial charge on any atom is 0.314 e. The van der Waals surface area contributed by atoms with Gasteiger partial charge >= 0.3 is 6.08 Å². The molecule has 1 heterocycles. The molecule has 87 valence electrons. The molecular formula is C12H12FN4. The van der Waals surface area contributed by atoms with Crippen LogP contribution in [-0.4, -0.2) is 21.0 Å². The summed E-state index contributed by atoms with van der Waals surface area (Å²) in [6.07, 6.45) is 1.43. The third-order valence-corrected chi connectivity index (χ3v) is 2.25. The first-order chi connectivity index (χ1) is 8.18. The van der Waals surface area contributed by atoms with Crippen molar-refractivity contribution in [1.82, 2.24) is 15.0 Å². The molecule has 4 nitrogen and oxygen atoms in total. The number of halogens is 1. The van der Waals surface area contributed by atoms with Gasteiger partial charge in [0, 0.05) is 11.7 Å². The monoisotopic (exact) mass is 231 g/mol. The van der Waals surface area contributed by atoms with E-state index in [1.54, 1.807) is 0 Å². The van der Waals surface area contributed by atoms with Crippen molar-refractivity contribution < 1.29 is 4.39 Å². The summed E-state index contributed by atoms with van der Waals surface area (Å²) in [5.41, 5.74) is 0.904. The van der Waals surface area contributed by atoms with Crippen LogP contribution in [0.15, 0.2) is 30.3 Å². The molecule has 0 aliphatic carbocycles. The maximum absolute atomic E-state index is 13.0. The van der Waals surface area contributed by atoms with Crippen LogP contribution in [0, 0.1) is 12.4 Å². The summed E-state index contributed by atoms with van der Waals surface area (Å²) in [6, 6.07) is 9.68. The van der Waals surface area contributed by atoms with E-state index in [0.717, 1.165) is 5.69 Å². The maximum atomic E-state index is 13.0. The fourth-order valence-electron chi connectivity index (χ4n) is 1.58. The minimum Gasteiger partial charge on any atom is -0.308 e. The van der Waals surface area contributed by atoms with Crippen molar-refractivity contribution in [1.29, 1.82) is 0 Å². The normalized spacial score (nSPS) is 10.6. The zero-order valence-corrected chi connectivity index (χ0v) is 9.63. The van der Waals surface area contributed by atoms with Crippen LogP contribution in [-0.2, 0) is 0 Å². The van der Waals surface area contributed by atoms with E-state index in [4.69, 9.17) is 0 Å². The molecule has 2 aromatic rings. The fraction of sp³-hybridized carbons (Fsp3) is 0.250. The summed E-state index contributed by atoms with van der Waals surface area (Å²) in [4.78, 5) is 12.6. The Morgan fingerprint density at radius 1 is 1.18 bits per heavy atom. The Labute approximate surface area is 99.2 Å². The second kappa shape index (κ2) is 4.86. The van der Waals surface area contributed by atoms with Gasteiger partial charge < -0.3 is 4.90 Å². The van der Waals surface area contributed by atoms with E-state index in [9.17, 15) is 4.39 Å². The van der Waals surface area contributed by atoms with Gasteiger partial charge in [0.1, 0.15) is 0 Å². The van der Waals surface area contributed by atoms with Crippen LogP contribution in [0.4, 0.5) is 16.0 Å². The van der Waals surface area contributed by atoms with Crippen molar-refractivity contribution in [3.8, 4) is 0 Å². The number of hydrogen-bond acceptors (Lipinski definition) is 4. The van der Waals surface area contributed by atoms with Gasteiger partial charge in [-0.05, 0) is 26.0 Å². The highest BCUT2D eigenvalue weighted by atomic mass is 19.1. The number of benzene rings is 1. The molecule has 0 bridgehead atoms. The predicted molar refractivity (Wildman–Crippen MR) is 62.3 cm³/mol. The van der Waals surface area contributed by atoms with E-state index in [-0.39, 0.29) is 12.0 Å². The first kappa shape index (κ1) is 11.4. The Morgan fingerprint density at radius 2 is 1.88 bits per heavy atom. The summed E-state index contributed by atoms with van der Waals surface area (Å²) in [5.74, 6) is 0.263. The standard InChI is InChI=1S/C12H12FN4/c1-9(2)17(10-6-4-3-5-7-10)12-15-8-14-11(13)16-12/h3-7,9H,1-2H3. The molecule has 17 heavy (non-hydrogen) atoms. The zero-order chi connectivity index (χ0) is 12.3. The van der Waals surface area contributed by atoms with E-state index in [1.807, 2.05) is 49.1 Å². The molecule has 2 rings (SSSR count). The summed E-state index contributed by atoms with van der Waals surface area (Å²) >= 11 is 0. The van der Waals surface area contributed by atoms with E-state index in [2.05, 4.69) is 21.3 Å². The number of rotatable bonds is 3. The second-order valence-electron chi connectivity index (χ2n) is 3.80. The second-order valence-corrected chi connectivity index (χ2v) is 3.80. The van der Waals surface area contributed by atoms with Gasteiger partial charge in [-0.2, -0.15) is 19.3 Å². The number of para-hydroxylation sites is 1. The van der Waals surface area contributed by atoms with Crippen LogP contribution in [0.1, 0.15) is 13.8 Å². The fourth-order valence-corrected chi connectivity index (χ4v) is 1.58. The lowest BCUT2D eigenvalue weighted by molar-refractivity contribution is 0.528. The Kier molecular flexibility index (Phi) is 3.27. The van der Waals surface area contributed by atoms with Crippen molar-refractivity contribution in [3.05, 3.63) is 42.7 Å². The van der Waals surface area contributed by atoms with Crippen molar-refractivity contribution >= 4 is 11.6 Å². The molecular weight excluding hydrogens is 219 g/mol. The SMILES string of the molecule is CC(C)N(c1ccccc1)c1n[c]nc(F)n1. The average Bonchev–Trinajstić information content (AvgIpc) is 2.30. The topological polar surface area (TPSA) is 41.9 Å². The lowest BCUT2D eigenvalue weighted by Crippen LogP contribution is -2.27. The number of aromatic nitrogens is 3. The Morgan fingerprint density at radius 3 is 2.47 bits per heavy atom. The minimum atomic E-state index is -0.823. The summed E-state index contributed by atoms with van der Waals surface area (Å²) in [5, 5.41) is 0. The molecule has 0 spiro atoms.